The van der Waals surface area contributed by atoms with Gasteiger partial charge in [-0.1, -0.05) is 6.92 Å². The highest BCUT2D eigenvalue weighted by Gasteiger charge is 2.36. The fraction of sp³-hybridized carbons (Fsp3) is 1.00. The summed E-state index contributed by atoms with van der Waals surface area (Å²) < 4.78 is 5.02. The lowest BCUT2D eigenvalue weighted by Gasteiger charge is -2.32. The Morgan fingerprint density at radius 3 is 2.83 bits per heavy atom. The van der Waals surface area contributed by atoms with E-state index in [-0.39, 0.29) is 6.04 Å². The van der Waals surface area contributed by atoms with Gasteiger partial charge in [0.2, 0.25) is 0 Å². The molecule has 1 saturated heterocycles. The molecule has 1 aliphatic heterocycles. The second kappa shape index (κ2) is 4.21. The van der Waals surface area contributed by atoms with Crippen molar-refractivity contribution in [2.75, 3.05) is 20.3 Å². The molecule has 0 aliphatic carbocycles. The Hall–Kier alpha value is -0.120. The van der Waals surface area contributed by atoms with Gasteiger partial charge in [-0.15, -0.1) is 0 Å². The number of rotatable bonds is 4. The van der Waals surface area contributed by atoms with Crippen molar-refractivity contribution < 1.29 is 9.84 Å². The molecule has 0 aromatic carbocycles. The molecule has 0 radical (unpaired) electrons. The highest BCUT2D eigenvalue weighted by molar-refractivity contribution is 4.93. The van der Waals surface area contributed by atoms with Crippen molar-refractivity contribution in [3.63, 3.8) is 0 Å². The number of methoxy groups -OCH3 is 1. The summed E-state index contributed by atoms with van der Waals surface area (Å²) in [5, 5.41) is 13.4. The third-order valence-corrected chi connectivity index (χ3v) is 2.72. The van der Waals surface area contributed by atoms with Gasteiger partial charge in [0.25, 0.3) is 0 Å². The van der Waals surface area contributed by atoms with Crippen molar-refractivity contribution in [1.82, 2.24) is 5.32 Å². The minimum atomic E-state index is -0.661. The van der Waals surface area contributed by atoms with Crippen LogP contribution in [0.1, 0.15) is 26.2 Å². The Balaban J connectivity index is 2.51. The van der Waals surface area contributed by atoms with Crippen molar-refractivity contribution >= 4 is 0 Å². The van der Waals surface area contributed by atoms with E-state index in [1.165, 1.54) is 0 Å². The molecule has 1 fully saturated rings. The van der Waals surface area contributed by atoms with Crippen molar-refractivity contribution in [2.24, 2.45) is 0 Å². The third-order valence-electron chi connectivity index (χ3n) is 2.72. The van der Waals surface area contributed by atoms with Crippen molar-refractivity contribution in [1.29, 1.82) is 0 Å². The van der Waals surface area contributed by atoms with Crippen LogP contribution in [0.4, 0.5) is 0 Å². The Morgan fingerprint density at radius 2 is 2.42 bits per heavy atom. The van der Waals surface area contributed by atoms with Crippen LogP contribution in [0, 0.1) is 0 Å². The van der Waals surface area contributed by atoms with Gasteiger partial charge < -0.3 is 15.2 Å². The van der Waals surface area contributed by atoms with E-state index < -0.39 is 5.60 Å². The predicted octanol–water partition coefficient (Wildman–Crippen LogP) is 0.526. The summed E-state index contributed by atoms with van der Waals surface area (Å²) in [6.07, 6.45) is 2.98. The molecular formula is C9H19NO2. The van der Waals surface area contributed by atoms with Crippen molar-refractivity contribution in [3.8, 4) is 0 Å². The quantitative estimate of drug-likeness (QED) is 0.651. The van der Waals surface area contributed by atoms with E-state index in [1.807, 2.05) is 6.92 Å². The van der Waals surface area contributed by atoms with E-state index in [9.17, 15) is 5.11 Å². The molecule has 3 nitrogen and oxygen atoms in total. The van der Waals surface area contributed by atoms with Crippen LogP contribution < -0.4 is 5.32 Å². The van der Waals surface area contributed by atoms with Gasteiger partial charge >= 0.3 is 0 Å². The molecule has 3 heteroatoms. The van der Waals surface area contributed by atoms with Gasteiger partial charge in [0, 0.05) is 13.2 Å². The maximum atomic E-state index is 10.1. The standard InChI is InChI=1S/C9H19NO2/c1-3-9(11,7-12-2)8-5-4-6-10-8/h8,10-11H,3-7H2,1-2H3. The fourth-order valence-electron chi connectivity index (χ4n) is 1.84. The lowest BCUT2D eigenvalue weighted by molar-refractivity contribution is -0.0564. The average molecular weight is 173 g/mol. The molecule has 1 heterocycles. The monoisotopic (exact) mass is 173 g/mol. The molecule has 1 rings (SSSR count). The van der Waals surface area contributed by atoms with Gasteiger partial charge in [-0.25, -0.2) is 0 Å². The molecule has 0 bridgehead atoms. The third kappa shape index (κ3) is 1.97. The van der Waals surface area contributed by atoms with Gasteiger partial charge in [0.1, 0.15) is 5.60 Å². The van der Waals surface area contributed by atoms with Crippen LogP contribution in [0.2, 0.25) is 0 Å². The summed E-state index contributed by atoms with van der Waals surface area (Å²) in [4.78, 5) is 0. The Labute approximate surface area is 74.1 Å². The molecule has 0 aromatic rings. The van der Waals surface area contributed by atoms with Crippen molar-refractivity contribution in [3.05, 3.63) is 0 Å². The topological polar surface area (TPSA) is 41.5 Å². The van der Waals surface area contributed by atoms with E-state index >= 15 is 0 Å². The summed E-state index contributed by atoms with van der Waals surface area (Å²) in [7, 11) is 1.63. The van der Waals surface area contributed by atoms with Crippen LogP contribution in [0.3, 0.4) is 0 Å². The molecule has 12 heavy (non-hydrogen) atoms. The first-order chi connectivity index (χ1) is 5.73. The first kappa shape index (κ1) is 9.96. The van der Waals surface area contributed by atoms with E-state index in [0.717, 1.165) is 25.8 Å². The smallest absolute Gasteiger partial charge is 0.103 e. The molecule has 2 unspecified atom stereocenters. The normalized spacial score (nSPS) is 28.8. The van der Waals surface area contributed by atoms with Crippen LogP contribution in [0.5, 0.6) is 0 Å². The number of hydrogen-bond acceptors (Lipinski definition) is 3. The van der Waals surface area contributed by atoms with Crippen molar-refractivity contribution in [2.45, 2.75) is 37.8 Å². The zero-order chi connectivity index (χ0) is 9.03. The Bertz CT molecular complexity index is 134. The van der Waals surface area contributed by atoms with E-state index in [4.69, 9.17) is 4.74 Å². The van der Waals surface area contributed by atoms with Gasteiger partial charge in [-0.2, -0.15) is 0 Å². The number of hydrogen-bond donors (Lipinski definition) is 2. The summed E-state index contributed by atoms with van der Waals surface area (Å²) in [6.45, 7) is 3.46. The zero-order valence-electron chi connectivity index (χ0n) is 7.97. The lowest BCUT2D eigenvalue weighted by atomic mass is 9.91. The van der Waals surface area contributed by atoms with Crippen LogP contribution in [-0.2, 0) is 4.74 Å². The maximum absolute atomic E-state index is 10.1. The SMILES string of the molecule is CCC(O)(COC)C1CCCN1. The average Bonchev–Trinajstić information content (AvgIpc) is 2.57. The Morgan fingerprint density at radius 1 is 1.67 bits per heavy atom. The van der Waals surface area contributed by atoms with Crippen LogP contribution >= 0.6 is 0 Å². The number of ether oxygens (including phenoxy) is 1. The van der Waals surface area contributed by atoms with Crippen LogP contribution in [0.25, 0.3) is 0 Å². The lowest BCUT2D eigenvalue weighted by Crippen LogP contribution is -2.50. The van der Waals surface area contributed by atoms with Gasteiger partial charge in [0.05, 0.1) is 6.61 Å². The van der Waals surface area contributed by atoms with Gasteiger partial charge in [-0.3, -0.25) is 0 Å². The molecule has 1 aliphatic rings. The Kier molecular flexibility index (Phi) is 3.50. The summed E-state index contributed by atoms with van der Waals surface area (Å²) in [5.41, 5.74) is -0.661. The predicted molar refractivity (Wildman–Crippen MR) is 48.1 cm³/mol. The second-order valence-corrected chi connectivity index (χ2v) is 3.54. The molecular weight excluding hydrogens is 154 g/mol. The molecule has 0 spiro atoms. The largest absolute Gasteiger partial charge is 0.386 e. The number of aliphatic hydroxyl groups is 1. The minimum Gasteiger partial charge on any atom is -0.386 e. The molecule has 0 amide bonds. The summed E-state index contributed by atoms with van der Waals surface area (Å²) in [5.74, 6) is 0. The van der Waals surface area contributed by atoms with E-state index in [0.29, 0.717) is 6.61 Å². The van der Waals surface area contributed by atoms with E-state index in [1.54, 1.807) is 7.11 Å². The second-order valence-electron chi connectivity index (χ2n) is 3.54. The summed E-state index contributed by atoms with van der Waals surface area (Å²) in [6, 6.07) is 0.224. The highest BCUT2D eigenvalue weighted by atomic mass is 16.5. The molecule has 72 valence electrons. The number of nitrogens with one attached hydrogen (secondary N) is 1. The molecule has 2 atom stereocenters. The van der Waals surface area contributed by atoms with Gasteiger partial charge in [-0.05, 0) is 25.8 Å². The molecule has 0 aromatic heterocycles. The van der Waals surface area contributed by atoms with Crippen LogP contribution in [-0.4, -0.2) is 37.0 Å². The van der Waals surface area contributed by atoms with Gasteiger partial charge in [0.15, 0.2) is 0 Å². The zero-order valence-corrected chi connectivity index (χ0v) is 7.97. The van der Waals surface area contributed by atoms with Crippen LogP contribution in [0.15, 0.2) is 0 Å². The molecule has 2 N–H and O–H groups in total. The first-order valence-corrected chi connectivity index (χ1v) is 4.67. The van der Waals surface area contributed by atoms with E-state index in [2.05, 4.69) is 5.32 Å². The minimum absolute atomic E-state index is 0.224. The highest BCUT2D eigenvalue weighted by Crippen LogP contribution is 2.22. The summed E-state index contributed by atoms with van der Waals surface area (Å²) >= 11 is 0. The first-order valence-electron chi connectivity index (χ1n) is 4.67. The molecule has 0 saturated carbocycles. The fourth-order valence-corrected chi connectivity index (χ4v) is 1.84. The maximum Gasteiger partial charge on any atom is 0.103 e.